The van der Waals surface area contributed by atoms with E-state index in [9.17, 15) is 9.18 Å². The van der Waals surface area contributed by atoms with E-state index in [1.807, 2.05) is 0 Å². The van der Waals surface area contributed by atoms with Crippen LogP contribution in [0.4, 0.5) is 4.39 Å². The molecule has 0 saturated heterocycles. The van der Waals surface area contributed by atoms with Gasteiger partial charge in [-0.25, -0.2) is 14.0 Å². The van der Waals surface area contributed by atoms with E-state index < -0.39 is 5.82 Å². The summed E-state index contributed by atoms with van der Waals surface area (Å²) in [5, 5.41) is 7.40. The van der Waals surface area contributed by atoms with Crippen molar-refractivity contribution in [2.75, 3.05) is 7.05 Å². The third kappa shape index (κ3) is 4.00. The van der Waals surface area contributed by atoms with Gasteiger partial charge in [-0.15, -0.1) is 0 Å². The smallest absolute Gasteiger partial charge is 0.275 e. The van der Waals surface area contributed by atoms with E-state index in [2.05, 4.69) is 19.9 Å². The molecule has 0 radical (unpaired) electrons. The second kappa shape index (κ2) is 7.12. The van der Waals surface area contributed by atoms with Crippen LogP contribution in [0.1, 0.15) is 27.8 Å². The zero-order chi connectivity index (χ0) is 17.8. The average Bonchev–Trinajstić information content (AvgIpc) is 3.22. The number of amides is 1. The summed E-state index contributed by atoms with van der Waals surface area (Å²) in [6.07, 6.45) is 1.25. The lowest BCUT2D eigenvalue weighted by molar-refractivity contribution is 0.0776. The number of hydrogen-bond acceptors (Lipinski definition) is 7. The maximum absolute atomic E-state index is 13.1. The minimum Gasteiger partial charge on any atom is -0.484 e. The van der Waals surface area contributed by atoms with E-state index in [1.54, 1.807) is 20.0 Å². The van der Waals surface area contributed by atoms with Crippen molar-refractivity contribution in [3.63, 3.8) is 0 Å². The highest BCUT2D eigenvalue weighted by molar-refractivity contribution is 5.91. The standard InChI is InChI=1S/C16H15FN4O4/c1-10-13(20-25-19-10)7-21(2)16(22)14-8-24-15(18-14)9-23-12-5-3-4-11(17)6-12/h3-6,8H,7,9H2,1-2H3. The Labute approximate surface area is 142 Å². The number of nitrogens with zero attached hydrogens (tertiary/aromatic N) is 4. The van der Waals surface area contributed by atoms with Gasteiger partial charge in [-0.2, -0.15) is 0 Å². The molecule has 1 aromatic carbocycles. The van der Waals surface area contributed by atoms with Gasteiger partial charge in [0.2, 0.25) is 5.89 Å². The molecule has 3 rings (SSSR count). The van der Waals surface area contributed by atoms with E-state index in [4.69, 9.17) is 9.15 Å². The fourth-order valence-electron chi connectivity index (χ4n) is 2.06. The van der Waals surface area contributed by atoms with Gasteiger partial charge in [-0.05, 0) is 19.1 Å². The maximum atomic E-state index is 13.1. The molecule has 2 aromatic heterocycles. The minimum atomic E-state index is -0.403. The maximum Gasteiger partial charge on any atom is 0.275 e. The molecule has 0 saturated carbocycles. The van der Waals surface area contributed by atoms with E-state index in [-0.39, 0.29) is 30.6 Å². The Hall–Kier alpha value is -3.23. The van der Waals surface area contributed by atoms with Crippen molar-refractivity contribution < 1.29 is 23.0 Å². The van der Waals surface area contributed by atoms with E-state index >= 15 is 0 Å². The molecule has 3 aromatic rings. The number of halogens is 1. The number of oxazole rings is 1. The van der Waals surface area contributed by atoms with Crippen LogP contribution < -0.4 is 4.74 Å². The first kappa shape index (κ1) is 16.6. The topological polar surface area (TPSA) is 94.5 Å². The number of carbonyl (C=O) groups excluding carboxylic acids is 1. The summed E-state index contributed by atoms with van der Waals surface area (Å²) < 4.78 is 28.3. The Morgan fingerprint density at radius 1 is 1.36 bits per heavy atom. The molecule has 0 unspecified atom stereocenters. The first-order valence-corrected chi connectivity index (χ1v) is 7.39. The first-order chi connectivity index (χ1) is 12.0. The van der Waals surface area contributed by atoms with E-state index in [1.165, 1.54) is 29.4 Å². The summed E-state index contributed by atoms with van der Waals surface area (Å²) in [5.74, 6) is -0.194. The Morgan fingerprint density at radius 3 is 2.92 bits per heavy atom. The molecule has 0 aliphatic carbocycles. The number of benzene rings is 1. The molecular weight excluding hydrogens is 331 g/mol. The Kier molecular flexibility index (Phi) is 4.73. The lowest BCUT2D eigenvalue weighted by Gasteiger charge is -2.13. The van der Waals surface area contributed by atoms with Crippen LogP contribution in [-0.4, -0.2) is 33.2 Å². The molecule has 0 aliphatic heterocycles. The number of carbonyl (C=O) groups is 1. The summed E-state index contributed by atoms with van der Waals surface area (Å²) in [6, 6.07) is 5.71. The molecule has 0 atom stereocenters. The molecule has 25 heavy (non-hydrogen) atoms. The molecule has 8 nitrogen and oxygen atoms in total. The molecule has 0 bridgehead atoms. The number of ether oxygens (including phenoxy) is 1. The van der Waals surface area contributed by atoms with Crippen LogP contribution in [0.5, 0.6) is 5.75 Å². The lowest BCUT2D eigenvalue weighted by Crippen LogP contribution is -2.27. The molecule has 0 spiro atoms. The van der Waals surface area contributed by atoms with Crippen molar-refractivity contribution in [3.05, 3.63) is 59.3 Å². The van der Waals surface area contributed by atoms with Gasteiger partial charge in [0.15, 0.2) is 12.3 Å². The first-order valence-electron chi connectivity index (χ1n) is 7.39. The largest absolute Gasteiger partial charge is 0.484 e. The summed E-state index contributed by atoms with van der Waals surface area (Å²) >= 11 is 0. The van der Waals surface area contributed by atoms with Gasteiger partial charge in [0.1, 0.15) is 29.2 Å². The predicted molar refractivity (Wildman–Crippen MR) is 82.1 cm³/mol. The number of aromatic nitrogens is 3. The molecule has 9 heteroatoms. The van der Waals surface area contributed by atoms with Crippen molar-refractivity contribution in [1.29, 1.82) is 0 Å². The minimum absolute atomic E-state index is 0.0211. The molecule has 0 aliphatic rings. The number of aryl methyl sites for hydroxylation is 1. The molecule has 130 valence electrons. The fourth-order valence-corrected chi connectivity index (χ4v) is 2.06. The second-order valence-corrected chi connectivity index (χ2v) is 5.33. The third-order valence-electron chi connectivity index (χ3n) is 3.41. The van der Waals surface area contributed by atoms with Crippen LogP contribution in [0.2, 0.25) is 0 Å². The van der Waals surface area contributed by atoms with Crippen molar-refractivity contribution in [3.8, 4) is 5.75 Å². The van der Waals surface area contributed by atoms with Crippen LogP contribution in [0.15, 0.2) is 39.6 Å². The molecule has 2 heterocycles. The zero-order valence-corrected chi connectivity index (χ0v) is 13.6. The quantitative estimate of drug-likeness (QED) is 0.676. The Morgan fingerprint density at radius 2 is 2.20 bits per heavy atom. The second-order valence-electron chi connectivity index (χ2n) is 5.33. The van der Waals surface area contributed by atoms with Gasteiger partial charge in [0, 0.05) is 13.1 Å². The normalized spacial score (nSPS) is 10.7. The number of rotatable bonds is 6. The summed E-state index contributed by atoms with van der Waals surface area (Å²) in [4.78, 5) is 17.9. The van der Waals surface area contributed by atoms with Gasteiger partial charge < -0.3 is 14.1 Å². The average molecular weight is 346 g/mol. The number of hydrogen-bond donors (Lipinski definition) is 0. The zero-order valence-electron chi connectivity index (χ0n) is 13.6. The molecule has 1 amide bonds. The highest BCUT2D eigenvalue weighted by atomic mass is 19.1. The monoisotopic (exact) mass is 346 g/mol. The van der Waals surface area contributed by atoms with Gasteiger partial charge >= 0.3 is 0 Å². The van der Waals surface area contributed by atoms with Crippen molar-refractivity contribution in [1.82, 2.24) is 20.2 Å². The van der Waals surface area contributed by atoms with Crippen LogP contribution >= 0.6 is 0 Å². The van der Waals surface area contributed by atoms with Crippen molar-refractivity contribution in [2.24, 2.45) is 0 Å². The highest BCUT2D eigenvalue weighted by Gasteiger charge is 2.19. The summed E-state index contributed by atoms with van der Waals surface area (Å²) in [5.41, 5.74) is 1.31. The van der Waals surface area contributed by atoms with E-state index in [0.29, 0.717) is 17.1 Å². The predicted octanol–water partition coefficient (Wildman–Crippen LogP) is 2.36. The highest BCUT2D eigenvalue weighted by Crippen LogP contribution is 2.15. The van der Waals surface area contributed by atoms with E-state index in [0.717, 1.165) is 0 Å². The SMILES string of the molecule is Cc1nonc1CN(C)C(=O)c1coc(COc2cccc(F)c2)n1. The summed E-state index contributed by atoms with van der Waals surface area (Å²) in [6.45, 7) is 1.95. The lowest BCUT2D eigenvalue weighted by atomic mass is 10.3. The van der Waals surface area contributed by atoms with Gasteiger partial charge in [-0.3, -0.25) is 4.79 Å². The van der Waals surface area contributed by atoms with Crippen LogP contribution in [0, 0.1) is 12.7 Å². The molecular formula is C16H15FN4O4. The van der Waals surface area contributed by atoms with Crippen molar-refractivity contribution >= 4 is 5.91 Å². The fraction of sp³-hybridized carbons (Fsp3) is 0.250. The van der Waals surface area contributed by atoms with Gasteiger partial charge in [0.05, 0.1) is 6.54 Å². The molecule has 0 fully saturated rings. The van der Waals surface area contributed by atoms with Gasteiger partial charge in [0.25, 0.3) is 5.91 Å². The van der Waals surface area contributed by atoms with Crippen LogP contribution in [0.3, 0.4) is 0 Å². The third-order valence-corrected chi connectivity index (χ3v) is 3.41. The van der Waals surface area contributed by atoms with Gasteiger partial charge in [-0.1, -0.05) is 16.4 Å². The van der Waals surface area contributed by atoms with Crippen LogP contribution in [0.25, 0.3) is 0 Å². The summed E-state index contributed by atoms with van der Waals surface area (Å²) in [7, 11) is 1.61. The van der Waals surface area contributed by atoms with Crippen LogP contribution in [-0.2, 0) is 13.2 Å². The molecule has 0 N–H and O–H groups in total. The Bertz CT molecular complexity index is 876. The van der Waals surface area contributed by atoms with Crippen molar-refractivity contribution in [2.45, 2.75) is 20.1 Å². The Balaban J connectivity index is 1.60.